The molecule has 0 bridgehead atoms. The first-order valence-corrected chi connectivity index (χ1v) is 5.99. The van der Waals surface area contributed by atoms with Crippen molar-refractivity contribution in [2.24, 2.45) is 5.41 Å². The topological polar surface area (TPSA) is 87.7 Å². The number of nitrogens with one attached hydrogen (secondary N) is 2. The standard InChI is InChI=1S/C13H16N2O4/c1-19-10-5-3-2-4-9(10)15-12(18)14-8-13(6-7-13)11(16)17/h2-5H,6-8H2,1H3,(H,16,17)(H2,14,15,18). The minimum atomic E-state index is -0.856. The highest BCUT2D eigenvalue weighted by Crippen LogP contribution is 2.45. The number of ether oxygens (including phenoxy) is 1. The minimum absolute atomic E-state index is 0.142. The van der Waals surface area contributed by atoms with Gasteiger partial charge in [-0.05, 0) is 25.0 Å². The number of benzene rings is 1. The molecule has 1 aromatic carbocycles. The quantitative estimate of drug-likeness (QED) is 0.755. The fourth-order valence-corrected chi connectivity index (χ4v) is 1.78. The van der Waals surface area contributed by atoms with Gasteiger partial charge in [0, 0.05) is 6.54 Å². The van der Waals surface area contributed by atoms with E-state index in [4.69, 9.17) is 9.84 Å². The van der Waals surface area contributed by atoms with E-state index in [0.29, 0.717) is 24.3 Å². The monoisotopic (exact) mass is 264 g/mol. The van der Waals surface area contributed by atoms with E-state index in [2.05, 4.69) is 10.6 Å². The second-order valence-electron chi connectivity index (χ2n) is 4.59. The molecule has 2 rings (SSSR count). The zero-order chi connectivity index (χ0) is 13.9. The van der Waals surface area contributed by atoms with Crippen LogP contribution in [0.2, 0.25) is 0 Å². The smallest absolute Gasteiger partial charge is 0.319 e. The van der Waals surface area contributed by atoms with Crippen LogP contribution < -0.4 is 15.4 Å². The number of methoxy groups -OCH3 is 1. The number of amides is 2. The van der Waals surface area contributed by atoms with Gasteiger partial charge in [0.15, 0.2) is 0 Å². The molecule has 1 aliphatic rings. The highest BCUT2D eigenvalue weighted by Gasteiger charge is 2.50. The summed E-state index contributed by atoms with van der Waals surface area (Å²) in [5.41, 5.74) is -0.222. The molecule has 3 N–H and O–H groups in total. The summed E-state index contributed by atoms with van der Waals surface area (Å²) >= 11 is 0. The van der Waals surface area contributed by atoms with Crippen LogP contribution in [0.15, 0.2) is 24.3 Å². The number of carboxylic acids is 1. The number of urea groups is 1. The van der Waals surface area contributed by atoms with Crippen molar-refractivity contribution in [3.63, 3.8) is 0 Å². The van der Waals surface area contributed by atoms with Crippen LogP contribution in [0.4, 0.5) is 10.5 Å². The van der Waals surface area contributed by atoms with Crippen LogP contribution >= 0.6 is 0 Å². The van der Waals surface area contributed by atoms with Crippen molar-refractivity contribution >= 4 is 17.7 Å². The highest BCUT2D eigenvalue weighted by atomic mass is 16.5. The molecule has 19 heavy (non-hydrogen) atoms. The second-order valence-corrected chi connectivity index (χ2v) is 4.59. The number of anilines is 1. The van der Waals surface area contributed by atoms with E-state index in [1.165, 1.54) is 7.11 Å². The van der Waals surface area contributed by atoms with Gasteiger partial charge in [-0.3, -0.25) is 4.79 Å². The number of aliphatic carboxylic acids is 1. The Hall–Kier alpha value is -2.24. The maximum absolute atomic E-state index is 11.7. The van der Waals surface area contributed by atoms with E-state index >= 15 is 0 Å². The van der Waals surface area contributed by atoms with Crippen LogP contribution in [-0.2, 0) is 4.79 Å². The lowest BCUT2D eigenvalue weighted by Crippen LogP contribution is -2.36. The van der Waals surface area contributed by atoms with E-state index in [-0.39, 0.29) is 6.54 Å². The van der Waals surface area contributed by atoms with E-state index in [9.17, 15) is 9.59 Å². The zero-order valence-electron chi connectivity index (χ0n) is 10.6. The number of para-hydroxylation sites is 2. The van der Waals surface area contributed by atoms with Gasteiger partial charge in [0.2, 0.25) is 0 Å². The first-order chi connectivity index (χ1) is 9.07. The predicted octanol–water partition coefficient (Wildman–Crippen LogP) is 1.68. The van der Waals surface area contributed by atoms with Gasteiger partial charge in [-0.2, -0.15) is 0 Å². The van der Waals surface area contributed by atoms with Crippen LogP contribution in [0, 0.1) is 5.41 Å². The van der Waals surface area contributed by atoms with Gasteiger partial charge in [0.25, 0.3) is 0 Å². The van der Waals surface area contributed by atoms with Crippen LogP contribution in [0.5, 0.6) is 5.75 Å². The van der Waals surface area contributed by atoms with E-state index in [1.807, 2.05) is 0 Å². The highest BCUT2D eigenvalue weighted by molar-refractivity contribution is 5.91. The van der Waals surface area contributed by atoms with E-state index in [0.717, 1.165) is 0 Å². The van der Waals surface area contributed by atoms with Crippen molar-refractivity contribution in [1.82, 2.24) is 5.32 Å². The van der Waals surface area contributed by atoms with Gasteiger partial charge in [0.1, 0.15) is 5.75 Å². The van der Waals surface area contributed by atoms with Crippen molar-refractivity contribution in [3.8, 4) is 5.75 Å². The van der Waals surface area contributed by atoms with Gasteiger partial charge in [-0.1, -0.05) is 12.1 Å². The molecule has 1 aliphatic carbocycles. The lowest BCUT2D eigenvalue weighted by atomic mass is 10.1. The first kappa shape index (κ1) is 13.2. The van der Waals surface area contributed by atoms with Crippen molar-refractivity contribution < 1.29 is 19.4 Å². The SMILES string of the molecule is COc1ccccc1NC(=O)NCC1(C(=O)O)CC1. The summed E-state index contributed by atoms with van der Waals surface area (Å²) in [6.45, 7) is 0.142. The molecule has 0 heterocycles. The Bertz CT molecular complexity index is 497. The fourth-order valence-electron chi connectivity index (χ4n) is 1.78. The molecule has 0 spiro atoms. The third-order valence-corrected chi connectivity index (χ3v) is 3.25. The minimum Gasteiger partial charge on any atom is -0.495 e. The number of carbonyl (C=O) groups excluding carboxylic acids is 1. The third-order valence-electron chi connectivity index (χ3n) is 3.25. The maximum atomic E-state index is 11.7. The van der Waals surface area contributed by atoms with Crippen LogP contribution in [0.3, 0.4) is 0 Å². The van der Waals surface area contributed by atoms with Crippen molar-refractivity contribution in [3.05, 3.63) is 24.3 Å². The summed E-state index contributed by atoms with van der Waals surface area (Å²) in [5, 5.41) is 14.2. The summed E-state index contributed by atoms with van der Waals surface area (Å²) in [7, 11) is 1.52. The lowest BCUT2D eigenvalue weighted by molar-refractivity contribution is -0.143. The Morgan fingerprint density at radius 1 is 1.37 bits per heavy atom. The molecular weight excluding hydrogens is 248 g/mol. The van der Waals surface area contributed by atoms with Gasteiger partial charge < -0.3 is 20.5 Å². The van der Waals surface area contributed by atoms with Crippen LogP contribution in [0.25, 0.3) is 0 Å². The van der Waals surface area contributed by atoms with Crippen molar-refractivity contribution in [2.45, 2.75) is 12.8 Å². The molecule has 6 nitrogen and oxygen atoms in total. The summed E-state index contributed by atoms with van der Waals surface area (Å²) in [4.78, 5) is 22.7. The molecule has 0 radical (unpaired) electrons. The number of hydrogen-bond acceptors (Lipinski definition) is 3. The van der Waals surface area contributed by atoms with E-state index < -0.39 is 17.4 Å². The van der Waals surface area contributed by atoms with Crippen LogP contribution in [-0.4, -0.2) is 30.8 Å². The van der Waals surface area contributed by atoms with Gasteiger partial charge in [-0.25, -0.2) is 4.79 Å². The van der Waals surface area contributed by atoms with Crippen molar-refractivity contribution in [1.29, 1.82) is 0 Å². The van der Waals surface area contributed by atoms with Gasteiger partial charge in [-0.15, -0.1) is 0 Å². The summed E-state index contributed by atoms with van der Waals surface area (Å²) in [6.07, 6.45) is 1.22. The van der Waals surface area contributed by atoms with Gasteiger partial charge >= 0.3 is 12.0 Å². The molecule has 2 amide bonds. The molecule has 6 heteroatoms. The summed E-state index contributed by atoms with van der Waals surface area (Å²) in [5.74, 6) is -0.304. The average Bonchev–Trinajstić information content (AvgIpc) is 3.18. The molecule has 102 valence electrons. The predicted molar refractivity (Wildman–Crippen MR) is 69.3 cm³/mol. The Labute approximate surface area is 110 Å². The maximum Gasteiger partial charge on any atom is 0.319 e. The summed E-state index contributed by atoms with van der Waals surface area (Å²) in [6, 6.07) is 6.58. The normalized spacial score (nSPS) is 15.4. The lowest BCUT2D eigenvalue weighted by Gasteiger charge is -2.13. The molecule has 0 saturated heterocycles. The average molecular weight is 264 g/mol. The molecule has 1 fully saturated rings. The van der Waals surface area contributed by atoms with E-state index in [1.54, 1.807) is 24.3 Å². The largest absolute Gasteiger partial charge is 0.495 e. The number of carbonyl (C=O) groups is 2. The fraction of sp³-hybridized carbons (Fsp3) is 0.385. The number of rotatable bonds is 5. The zero-order valence-corrected chi connectivity index (χ0v) is 10.6. The second kappa shape index (κ2) is 5.17. The third kappa shape index (κ3) is 2.96. The summed E-state index contributed by atoms with van der Waals surface area (Å²) < 4.78 is 5.11. The Morgan fingerprint density at radius 2 is 2.05 bits per heavy atom. The molecular formula is C13H16N2O4. The van der Waals surface area contributed by atoms with Crippen molar-refractivity contribution in [2.75, 3.05) is 19.0 Å². The Morgan fingerprint density at radius 3 is 2.63 bits per heavy atom. The van der Waals surface area contributed by atoms with Crippen LogP contribution in [0.1, 0.15) is 12.8 Å². The molecule has 1 saturated carbocycles. The molecule has 1 aromatic rings. The Kier molecular flexibility index (Phi) is 3.59. The molecule has 0 unspecified atom stereocenters. The van der Waals surface area contributed by atoms with Gasteiger partial charge in [0.05, 0.1) is 18.2 Å². The number of carboxylic acid groups (broad SMARTS) is 1. The Balaban J connectivity index is 1.89. The number of hydrogen-bond donors (Lipinski definition) is 3. The molecule has 0 atom stereocenters. The molecule has 0 aliphatic heterocycles. The molecule has 0 aromatic heterocycles. The first-order valence-electron chi connectivity index (χ1n) is 5.99.